The Kier molecular flexibility index (Phi) is 7.48. The van der Waals surface area contributed by atoms with Gasteiger partial charge in [-0.25, -0.2) is 8.78 Å². The second-order valence-corrected chi connectivity index (χ2v) is 12.7. The molecule has 5 rings (SSSR count). The van der Waals surface area contributed by atoms with E-state index >= 15 is 0 Å². The van der Waals surface area contributed by atoms with E-state index in [1.165, 1.54) is 24.3 Å². The Hall–Kier alpha value is -2.97. The van der Waals surface area contributed by atoms with Gasteiger partial charge in [-0.2, -0.15) is 13.2 Å². The van der Waals surface area contributed by atoms with Crippen LogP contribution in [0.4, 0.5) is 22.0 Å². The van der Waals surface area contributed by atoms with E-state index in [-0.39, 0.29) is 11.9 Å². The summed E-state index contributed by atoms with van der Waals surface area (Å²) in [6, 6.07) is 10.1. The zero-order valence-electron chi connectivity index (χ0n) is 23.4. The van der Waals surface area contributed by atoms with E-state index < -0.39 is 45.9 Å². The summed E-state index contributed by atoms with van der Waals surface area (Å²) in [4.78, 5) is 27.6. The first-order valence-electron chi connectivity index (χ1n) is 14.4. The number of nitrogens with zero attached hydrogens (tertiary/aromatic N) is 1. The Balaban J connectivity index is 1.55. The molecule has 2 aromatic carbocycles. The summed E-state index contributed by atoms with van der Waals surface area (Å²) < 4.78 is 69.9. The van der Waals surface area contributed by atoms with Gasteiger partial charge in [-0.05, 0) is 99.1 Å². The highest BCUT2D eigenvalue weighted by Crippen LogP contribution is 2.52. The number of benzene rings is 2. The smallest absolute Gasteiger partial charge is 0.426 e. The molecular weight excluding hydrogens is 541 g/mol. The Morgan fingerprint density at radius 2 is 1.73 bits per heavy atom. The summed E-state index contributed by atoms with van der Waals surface area (Å²) in [5, 5.41) is 9.44. The molecule has 2 aromatic rings. The highest BCUT2D eigenvalue weighted by atomic mass is 19.4. The summed E-state index contributed by atoms with van der Waals surface area (Å²) in [5.74, 6) is -1.72. The van der Waals surface area contributed by atoms with Gasteiger partial charge in [-0.1, -0.05) is 37.3 Å². The molecule has 1 aliphatic heterocycles. The number of aryl methyl sites for hydroxylation is 1. The maximum atomic E-state index is 15.0. The van der Waals surface area contributed by atoms with Crippen LogP contribution in [0.15, 0.2) is 42.5 Å². The number of hydrogen-bond donors (Lipinski definition) is 1. The van der Waals surface area contributed by atoms with Crippen LogP contribution in [-0.2, 0) is 33.5 Å². The van der Waals surface area contributed by atoms with Crippen LogP contribution < -0.4 is 0 Å². The highest BCUT2D eigenvalue weighted by Gasteiger charge is 2.56. The lowest BCUT2D eigenvalue weighted by Gasteiger charge is -2.55. The summed E-state index contributed by atoms with van der Waals surface area (Å²) in [5.41, 5.74) is -3.21. The monoisotopic (exact) mass is 577 g/mol. The number of likely N-dealkylation sites (tertiary alicyclic amines) is 1. The molecule has 3 aliphatic rings. The number of carbonyl (C=O) groups excluding carboxylic acids is 1. The van der Waals surface area contributed by atoms with Gasteiger partial charge in [0.05, 0.1) is 5.92 Å². The Bertz CT molecular complexity index is 1330. The number of rotatable bonds is 5. The van der Waals surface area contributed by atoms with Crippen molar-refractivity contribution in [3.63, 3.8) is 0 Å². The predicted octanol–water partition coefficient (Wildman–Crippen LogP) is 7.27. The standard InChI is InChI=1S/C32H36F5NO3/c1-29(14-11-21(12-15-29)27(39)40)28(41)38-16-4-13-31(19-20-5-3-6-24(33)17-20)25-9-8-23(30(2,34)32(35,36)37)18-22(25)7-10-26(31)38/h3,5-6,8-9,17-18,21,26H,4,7,10-16,19H2,1-2H3,(H,39,40). The Labute approximate surface area is 236 Å². The topological polar surface area (TPSA) is 57.6 Å². The van der Waals surface area contributed by atoms with E-state index in [1.54, 1.807) is 12.1 Å². The molecule has 1 heterocycles. The zero-order chi connectivity index (χ0) is 29.8. The number of fused-ring (bicyclic) bond motifs is 3. The van der Waals surface area contributed by atoms with E-state index in [0.717, 1.165) is 11.1 Å². The second kappa shape index (κ2) is 10.4. The molecule has 1 saturated carbocycles. The van der Waals surface area contributed by atoms with Gasteiger partial charge in [0.25, 0.3) is 0 Å². The number of halogens is 5. The molecule has 3 atom stereocenters. The number of amides is 1. The normalized spacial score (nSPS) is 29.7. The van der Waals surface area contributed by atoms with Crippen LogP contribution in [0.1, 0.15) is 81.0 Å². The van der Waals surface area contributed by atoms with Gasteiger partial charge in [-0.3, -0.25) is 9.59 Å². The van der Waals surface area contributed by atoms with Crippen LogP contribution in [0.25, 0.3) is 0 Å². The van der Waals surface area contributed by atoms with Crippen molar-refractivity contribution >= 4 is 11.9 Å². The summed E-state index contributed by atoms with van der Waals surface area (Å²) in [6.45, 7) is 2.96. The summed E-state index contributed by atoms with van der Waals surface area (Å²) in [6.07, 6.45) is -0.728. The van der Waals surface area contributed by atoms with Gasteiger partial charge in [0, 0.05) is 23.4 Å². The molecule has 3 unspecified atom stereocenters. The molecule has 2 aliphatic carbocycles. The molecule has 0 bridgehead atoms. The molecule has 4 nitrogen and oxygen atoms in total. The van der Waals surface area contributed by atoms with Gasteiger partial charge in [-0.15, -0.1) is 0 Å². The van der Waals surface area contributed by atoms with E-state index in [2.05, 4.69) is 0 Å². The van der Waals surface area contributed by atoms with Crippen molar-refractivity contribution < 1.29 is 36.6 Å². The van der Waals surface area contributed by atoms with E-state index in [9.17, 15) is 36.6 Å². The number of alkyl halides is 4. The highest BCUT2D eigenvalue weighted by molar-refractivity contribution is 5.83. The molecule has 1 amide bonds. The Morgan fingerprint density at radius 3 is 2.37 bits per heavy atom. The third-order valence-corrected chi connectivity index (χ3v) is 10.1. The van der Waals surface area contributed by atoms with Gasteiger partial charge in [0.2, 0.25) is 11.6 Å². The molecule has 1 saturated heterocycles. The fourth-order valence-corrected chi connectivity index (χ4v) is 7.58. The second-order valence-electron chi connectivity index (χ2n) is 12.7. The molecule has 0 spiro atoms. The molecule has 0 radical (unpaired) electrons. The van der Waals surface area contributed by atoms with E-state index in [4.69, 9.17) is 0 Å². The first-order chi connectivity index (χ1) is 19.2. The van der Waals surface area contributed by atoms with E-state index in [0.29, 0.717) is 76.8 Å². The lowest BCUT2D eigenvalue weighted by Crippen LogP contribution is -2.62. The van der Waals surface area contributed by atoms with Crippen LogP contribution in [0.2, 0.25) is 0 Å². The van der Waals surface area contributed by atoms with Gasteiger partial charge < -0.3 is 10.0 Å². The van der Waals surface area contributed by atoms with Crippen LogP contribution in [0.5, 0.6) is 0 Å². The minimum atomic E-state index is -5.07. The van der Waals surface area contributed by atoms with Crippen LogP contribution >= 0.6 is 0 Å². The average molecular weight is 578 g/mol. The third-order valence-electron chi connectivity index (χ3n) is 10.1. The third kappa shape index (κ3) is 5.14. The van der Waals surface area contributed by atoms with Crippen molar-refractivity contribution in [1.29, 1.82) is 0 Å². The fourth-order valence-electron chi connectivity index (χ4n) is 7.58. The SMILES string of the molecule is CC1(C(=O)N2CCCC3(Cc4cccc(F)c4)c4ccc(C(C)(F)C(F)(F)F)cc4CCC23)CCC(C(=O)O)CC1. The fraction of sp³-hybridized carbons (Fsp3) is 0.562. The number of carboxylic acids is 1. The molecule has 9 heteroatoms. The maximum Gasteiger partial charge on any atom is 0.426 e. The van der Waals surface area contributed by atoms with Crippen molar-refractivity contribution in [3.8, 4) is 0 Å². The van der Waals surface area contributed by atoms with Crippen LogP contribution in [0, 0.1) is 17.2 Å². The first kappa shape index (κ1) is 29.5. The van der Waals surface area contributed by atoms with Crippen molar-refractivity contribution in [2.24, 2.45) is 11.3 Å². The predicted molar refractivity (Wildman–Crippen MR) is 143 cm³/mol. The number of carboxylic acid groups (broad SMARTS) is 1. The van der Waals surface area contributed by atoms with Gasteiger partial charge >= 0.3 is 12.1 Å². The zero-order valence-corrected chi connectivity index (χ0v) is 23.4. The van der Waals surface area contributed by atoms with Gasteiger partial charge in [0.15, 0.2) is 0 Å². The van der Waals surface area contributed by atoms with Crippen LogP contribution in [0.3, 0.4) is 0 Å². The average Bonchev–Trinajstić information content (AvgIpc) is 2.91. The van der Waals surface area contributed by atoms with Crippen molar-refractivity contribution in [1.82, 2.24) is 4.90 Å². The van der Waals surface area contributed by atoms with Crippen molar-refractivity contribution in [3.05, 3.63) is 70.5 Å². The molecule has 41 heavy (non-hydrogen) atoms. The molecule has 0 aromatic heterocycles. The minimum Gasteiger partial charge on any atom is -0.481 e. The minimum absolute atomic E-state index is 0.0249. The first-order valence-corrected chi connectivity index (χ1v) is 14.4. The summed E-state index contributed by atoms with van der Waals surface area (Å²) >= 11 is 0. The van der Waals surface area contributed by atoms with Gasteiger partial charge in [0.1, 0.15) is 5.82 Å². The molecule has 1 N–H and O–H groups in total. The number of aliphatic carboxylic acids is 1. The van der Waals surface area contributed by atoms with E-state index in [1.807, 2.05) is 17.9 Å². The number of carbonyl (C=O) groups is 2. The lowest BCUT2D eigenvalue weighted by atomic mass is 9.58. The largest absolute Gasteiger partial charge is 0.481 e. The lowest BCUT2D eigenvalue weighted by molar-refractivity contribution is -0.228. The number of piperidine rings is 1. The molecule has 2 fully saturated rings. The van der Waals surface area contributed by atoms with Crippen LogP contribution in [-0.4, -0.2) is 40.6 Å². The maximum absolute atomic E-state index is 15.0. The van der Waals surface area contributed by atoms with Crippen molar-refractivity contribution in [2.75, 3.05) is 6.54 Å². The van der Waals surface area contributed by atoms with Crippen molar-refractivity contribution in [2.45, 2.75) is 94.9 Å². The number of hydrogen-bond acceptors (Lipinski definition) is 2. The quantitative estimate of drug-likeness (QED) is 0.380. The Morgan fingerprint density at radius 1 is 1.02 bits per heavy atom. The molecule has 222 valence electrons. The summed E-state index contributed by atoms with van der Waals surface area (Å²) in [7, 11) is 0. The molecular formula is C32H36F5NO3.